The first-order valence-corrected chi connectivity index (χ1v) is 15.3. The number of nitrogens with zero attached hydrogens (tertiary/aromatic N) is 4. The molecule has 0 saturated heterocycles. The molecule has 0 spiro atoms. The van der Waals surface area contributed by atoms with Crippen molar-refractivity contribution in [1.29, 1.82) is 0 Å². The molecule has 0 fully saturated rings. The van der Waals surface area contributed by atoms with E-state index in [-0.39, 0.29) is 10.8 Å². The van der Waals surface area contributed by atoms with Gasteiger partial charge in [0.15, 0.2) is 0 Å². The molecule has 5 nitrogen and oxygen atoms in total. The van der Waals surface area contributed by atoms with Crippen molar-refractivity contribution < 1.29 is 4.74 Å². The van der Waals surface area contributed by atoms with Gasteiger partial charge in [-0.25, -0.2) is 4.98 Å². The van der Waals surface area contributed by atoms with Crippen LogP contribution >= 0.6 is 0 Å². The smallest absolute Gasteiger partial charge is 0.137 e. The van der Waals surface area contributed by atoms with Crippen molar-refractivity contribution in [3.05, 3.63) is 127 Å². The molecule has 0 aliphatic carbocycles. The highest BCUT2D eigenvalue weighted by Crippen LogP contribution is 2.43. The number of anilines is 6. The maximum absolute atomic E-state index is 6.51. The molecule has 0 bridgehead atoms. The van der Waals surface area contributed by atoms with Crippen molar-refractivity contribution in [2.75, 3.05) is 28.4 Å². The fraction of sp³-hybridized carbons (Fsp3) is 0.256. The van der Waals surface area contributed by atoms with Crippen LogP contribution in [0.25, 0.3) is 0 Å². The fourth-order valence-electron chi connectivity index (χ4n) is 5.64. The molecule has 1 aliphatic rings. The molecule has 224 valence electrons. The van der Waals surface area contributed by atoms with E-state index in [1.54, 1.807) is 0 Å². The maximum Gasteiger partial charge on any atom is 0.137 e. The van der Waals surface area contributed by atoms with Crippen molar-refractivity contribution in [1.82, 2.24) is 4.98 Å². The van der Waals surface area contributed by atoms with Crippen molar-refractivity contribution in [3.8, 4) is 11.5 Å². The summed E-state index contributed by atoms with van der Waals surface area (Å²) in [6, 6.07) is 38.0. The standard InChI is InChI=1S/C39H42N4O/c1-38(2,3)28-19-20-35-36(23-28)41(7)27-42(35)31-15-11-17-33(25-31)44-34-18-12-16-32(26-34)43(30-13-9-8-10-14-30)37-24-29(21-22-40-37)39(4,5)6/h8-26H,27H2,1-7H3. The molecule has 5 heteroatoms. The van der Waals surface area contributed by atoms with E-state index >= 15 is 0 Å². The Kier molecular flexibility index (Phi) is 7.58. The summed E-state index contributed by atoms with van der Waals surface area (Å²) in [7, 11) is 2.15. The number of hydrogen-bond acceptors (Lipinski definition) is 5. The van der Waals surface area contributed by atoms with Crippen LogP contribution in [0.3, 0.4) is 0 Å². The molecule has 4 aromatic carbocycles. The highest BCUT2D eigenvalue weighted by Gasteiger charge is 2.27. The first-order valence-electron chi connectivity index (χ1n) is 15.3. The zero-order chi connectivity index (χ0) is 31.1. The van der Waals surface area contributed by atoms with Gasteiger partial charge in [0.05, 0.1) is 23.7 Å². The van der Waals surface area contributed by atoms with Crippen LogP contribution in [-0.2, 0) is 10.8 Å². The molecule has 0 unspecified atom stereocenters. The van der Waals surface area contributed by atoms with Gasteiger partial charge in [0, 0.05) is 36.8 Å². The van der Waals surface area contributed by atoms with Gasteiger partial charge in [-0.05, 0) is 82.6 Å². The minimum Gasteiger partial charge on any atom is -0.457 e. The highest BCUT2D eigenvalue weighted by atomic mass is 16.5. The summed E-state index contributed by atoms with van der Waals surface area (Å²) >= 11 is 0. The average molecular weight is 583 g/mol. The molecule has 1 aromatic heterocycles. The first-order chi connectivity index (χ1) is 21.0. The third kappa shape index (κ3) is 6.00. The van der Waals surface area contributed by atoms with Crippen LogP contribution < -0.4 is 19.4 Å². The largest absolute Gasteiger partial charge is 0.457 e. The van der Waals surface area contributed by atoms with E-state index < -0.39 is 0 Å². The summed E-state index contributed by atoms with van der Waals surface area (Å²) in [6.07, 6.45) is 1.90. The van der Waals surface area contributed by atoms with Crippen LogP contribution in [0.5, 0.6) is 11.5 Å². The first kappa shape index (κ1) is 29.3. The topological polar surface area (TPSA) is 31.8 Å². The lowest BCUT2D eigenvalue weighted by atomic mass is 9.86. The Bertz CT molecular complexity index is 1770. The Morgan fingerprint density at radius 2 is 1.30 bits per heavy atom. The Labute approximate surface area is 262 Å². The SMILES string of the molecule is CN1CN(c2cccc(Oc3cccc(N(c4ccccc4)c4cc(C(C)(C)C)ccn4)c3)c2)c2ccc(C(C)(C)C)cc21. The lowest BCUT2D eigenvalue weighted by molar-refractivity contribution is 0.483. The molecule has 1 aliphatic heterocycles. The van der Waals surface area contributed by atoms with E-state index in [0.29, 0.717) is 0 Å². The van der Waals surface area contributed by atoms with Crippen LogP contribution in [0, 0.1) is 0 Å². The zero-order valence-corrected chi connectivity index (χ0v) is 26.9. The van der Waals surface area contributed by atoms with Gasteiger partial charge in [0.25, 0.3) is 0 Å². The molecule has 44 heavy (non-hydrogen) atoms. The summed E-state index contributed by atoms with van der Waals surface area (Å²) in [5, 5.41) is 0. The predicted molar refractivity (Wildman–Crippen MR) is 185 cm³/mol. The minimum atomic E-state index is 0.00949. The van der Waals surface area contributed by atoms with Crippen LogP contribution in [0.2, 0.25) is 0 Å². The van der Waals surface area contributed by atoms with Gasteiger partial charge in [-0.3, -0.25) is 4.90 Å². The minimum absolute atomic E-state index is 0.00949. The molecule has 0 radical (unpaired) electrons. The number of fused-ring (bicyclic) bond motifs is 1. The Morgan fingerprint density at radius 3 is 2.02 bits per heavy atom. The lowest BCUT2D eigenvalue weighted by Gasteiger charge is -2.27. The van der Waals surface area contributed by atoms with E-state index in [2.05, 4.69) is 148 Å². The molecular formula is C39H42N4O. The highest BCUT2D eigenvalue weighted by molar-refractivity contribution is 5.83. The van der Waals surface area contributed by atoms with Crippen LogP contribution in [0.15, 0.2) is 115 Å². The number of rotatable bonds is 6. The maximum atomic E-state index is 6.51. The van der Waals surface area contributed by atoms with Gasteiger partial charge in [-0.2, -0.15) is 0 Å². The van der Waals surface area contributed by atoms with Crippen molar-refractivity contribution >= 4 is 34.3 Å². The fourth-order valence-corrected chi connectivity index (χ4v) is 5.64. The van der Waals surface area contributed by atoms with Gasteiger partial charge < -0.3 is 14.5 Å². The second kappa shape index (κ2) is 11.4. The number of ether oxygens (including phenoxy) is 1. The third-order valence-corrected chi connectivity index (χ3v) is 8.19. The molecule has 6 rings (SSSR count). The third-order valence-electron chi connectivity index (χ3n) is 8.19. The lowest BCUT2D eigenvalue weighted by Crippen LogP contribution is -2.23. The second-order valence-corrected chi connectivity index (χ2v) is 13.6. The van der Waals surface area contributed by atoms with Gasteiger partial charge in [0.2, 0.25) is 0 Å². The number of hydrogen-bond donors (Lipinski definition) is 0. The van der Waals surface area contributed by atoms with Gasteiger partial charge in [0.1, 0.15) is 17.3 Å². The number of pyridine rings is 1. The molecule has 0 atom stereocenters. The monoisotopic (exact) mass is 582 g/mol. The Balaban J connectivity index is 1.31. The quantitative estimate of drug-likeness (QED) is 0.199. The van der Waals surface area contributed by atoms with Gasteiger partial charge in [-0.1, -0.05) is 77.9 Å². The summed E-state index contributed by atoms with van der Waals surface area (Å²) < 4.78 is 6.51. The van der Waals surface area contributed by atoms with Crippen LogP contribution in [-0.4, -0.2) is 18.7 Å². The summed E-state index contributed by atoms with van der Waals surface area (Å²) in [6.45, 7) is 14.2. The van der Waals surface area contributed by atoms with Gasteiger partial charge in [-0.15, -0.1) is 0 Å². The predicted octanol–water partition coefficient (Wildman–Crippen LogP) is 10.5. The molecule has 0 N–H and O–H groups in total. The molecular weight excluding hydrogens is 540 g/mol. The Hall–Kier alpha value is -4.77. The van der Waals surface area contributed by atoms with Crippen molar-refractivity contribution in [2.45, 2.75) is 52.4 Å². The van der Waals surface area contributed by atoms with E-state index in [4.69, 9.17) is 9.72 Å². The molecule has 0 amide bonds. The van der Waals surface area contributed by atoms with E-state index in [1.807, 2.05) is 30.5 Å². The molecule has 2 heterocycles. The van der Waals surface area contributed by atoms with E-state index in [1.165, 1.54) is 22.5 Å². The summed E-state index contributed by atoms with van der Waals surface area (Å²) in [5.41, 5.74) is 8.27. The van der Waals surface area contributed by atoms with E-state index in [0.717, 1.165) is 41.0 Å². The number of benzene rings is 4. The summed E-state index contributed by atoms with van der Waals surface area (Å²) in [4.78, 5) is 11.6. The number of aromatic nitrogens is 1. The Morgan fingerprint density at radius 1 is 0.636 bits per heavy atom. The van der Waals surface area contributed by atoms with Crippen LogP contribution in [0.1, 0.15) is 52.7 Å². The normalized spacial score (nSPS) is 13.2. The zero-order valence-electron chi connectivity index (χ0n) is 26.9. The second-order valence-electron chi connectivity index (χ2n) is 13.6. The average Bonchev–Trinajstić information content (AvgIpc) is 3.33. The molecule has 0 saturated carbocycles. The van der Waals surface area contributed by atoms with Crippen molar-refractivity contribution in [3.63, 3.8) is 0 Å². The van der Waals surface area contributed by atoms with Crippen molar-refractivity contribution in [2.24, 2.45) is 0 Å². The van der Waals surface area contributed by atoms with E-state index in [9.17, 15) is 0 Å². The summed E-state index contributed by atoms with van der Waals surface area (Å²) in [5.74, 6) is 2.43. The van der Waals surface area contributed by atoms with Gasteiger partial charge >= 0.3 is 0 Å². The molecule has 5 aromatic rings. The van der Waals surface area contributed by atoms with Crippen LogP contribution in [0.4, 0.5) is 34.3 Å². The number of para-hydroxylation sites is 1.